The lowest BCUT2D eigenvalue weighted by Crippen LogP contribution is -2.15. The van der Waals surface area contributed by atoms with Gasteiger partial charge in [-0.2, -0.15) is 0 Å². The van der Waals surface area contributed by atoms with Crippen molar-refractivity contribution in [2.24, 2.45) is 0 Å². The van der Waals surface area contributed by atoms with Crippen LogP contribution in [0.5, 0.6) is 0 Å². The van der Waals surface area contributed by atoms with Crippen molar-refractivity contribution in [2.45, 2.75) is 18.2 Å². The van der Waals surface area contributed by atoms with Gasteiger partial charge in [0.15, 0.2) is 0 Å². The van der Waals surface area contributed by atoms with Crippen LogP contribution in [0.2, 0.25) is 0 Å². The van der Waals surface area contributed by atoms with Gasteiger partial charge in [0.25, 0.3) is 10.0 Å². The molecule has 0 radical (unpaired) electrons. The SMILES string of the molecule is CCc1cc2c(Br)cncc2n1S(=O)(=O)c1ccccc1. The first-order valence-corrected chi connectivity index (χ1v) is 8.73. The van der Waals surface area contributed by atoms with Crippen molar-refractivity contribution in [3.05, 3.63) is 59.0 Å². The van der Waals surface area contributed by atoms with E-state index in [1.165, 1.54) is 3.97 Å². The molecule has 4 nitrogen and oxygen atoms in total. The summed E-state index contributed by atoms with van der Waals surface area (Å²) >= 11 is 3.43. The second kappa shape index (κ2) is 5.27. The van der Waals surface area contributed by atoms with Gasteiger partial charge in [0, 0.05) is 21.7 Å². The maximum atomic E-state index is 12.9. The van der Waals surface area contributed by atoms with Gasteiger partial charge in [-0.3, -0.25) is 4.98 Å². The molecule has 0 bridgehead atoms. The van der Waals surface area contributed by atoms with Crippen molar-refractivity contribution in [1.29, 1.82) is 0 Å². The number of aryl methyl sites for hydroxylation is 1. The largest absolute Gasteiger partial charge is 0.268 e. The molecule has 0 fully saturated rings. The normalized spacial score (nSPS) is 11.9. The summed E-state index contributed by atoms with van der Waals surface area (Å²) in [6.45, 7) is 1.94. The van der Waals surface area contributed by atoms with Crippen molar-refractivity contribution >= 4 is 36.9 Å². The summed E-state index contributed by atoms with van der Waals surface area (Å²) in [6.07, 6.45) is 3.87. The molecule has 1 aromatic carbocycles. The molecule has 0 aliphatic carbocycles. The van der Waals surface area contributed by atoms with E-state index in [0.717, 1.165) is 15.6 Å². The zero-order valence-electron chi connectivity index (χ0n) is 11.3. The van der Waals surface area contributed by atoms with Gasteiger partial charge in [-0.15, -0.1) is 0 Å². The van der Waals surface area contributed by atoms with Crippen molar-refractivity contribution in [2.75, 3.05) is 0 Å². The van der Waals surface area contributed by atoms with Crippen molar-refractivity contribution in [3.8, 4) is 0 Å². The summed E-state index contributed by atoms with van der Waals surface area (Å²) < 4.78 is 28.0. The monoisotopic (exact) mass is 364 g/mol. The third-order valence-electron chi connectivity index (χ3n) is 3.35. The van der Waals surface area contributed by atoms with E-state index in [1.807, 2.05) is 13.0 Å². The van der Waals surface area contributed by atoms with Crippen LogP contribution in [0.1, 0.15) is 12.6 Å². The van der Waals surface area contributed by atoms with Crippen LogP contribution in [-0.2, 0) is 16.4 Å². The Hall–Kier alpha value is -1.66. The fourth-order valence-electron chi connectivity index (χ4n) is 2.35. The van der Waals surface area contributed by atoms with Gasteiger partial charge in [0.1, 0.15) is 0 Å². The molecule has 0 aliphatic rings. The van der Waals surface area contributed by atoms with Crippen molar-refractivity contribution < 1.29 is 8.42 Å². The zero-order chi connectivity index (χ0) is 15.0. The lowest BCUT2D eigenvalue weighted by atomic mass is 10.3. The van der Waals surface area contributed by atoms with E-state index in [-0.39, 0.29) is 4.90 Å². The minimum absolute atomic E-state index is 0.275. The highest BCUT2D eigenvalue weighted by molar-refractivity contribution is 9.10. The third kappa shape index (κ3) is 2.28. The molecule has 6 heteroatoms. The number of fused-ring (bicyclic) bond motifs is 1. The second-order valence-corrected chi connectivity index (χ2v) is 7.27. The number of hydrogen-bond donors (Lipinski definition) is 0. The van der Waals surface area contributed by atoms with Gasteiger partial charge in [-0.05, 0) is 40.5 Å². The van der Waals surface area contributed by atoms with Crippen LogP contribution in [-0.4, -0.2) is 17.4 Å². The highest BCUT2D eigenvalue weighted by Gasteiger charge is 2.23. The van der Waals surface area contributed by atoms with Crippen LogP contribution in [0.15, 0.2) is 58.2 Å². The molecule has 108 valence electrons. The van der Waals surface area contributed by atoms with Crippen LogP contribution in [0.25, 0.3) is 10.9 Å². The average Bonchev–Trinajstić information content (AvgIpc) is 2.89. The number of nitrogens with zero attached hydrogens (tertiary/aromatic N) is 2. The van der Waals surface area contributed by atoms with Gasteiger partial charge in [-0.25, -0.2) is 12.4 Å². The smallest absolute Gasteiger partial charge is 0.261 e. The molecule has 0 atom stereocenters. The highest BCUT2D eigenvalue weighted by Crippen LogP contribution is 2.29. The first-order valence-electron chi connectivity index (χ1n) is 6.50. The summed E-state index contributed by atoms with van der Waals surface area (Å²) in [6, 6.07) is 10.3. The molecule has 0 aliphatic heterocycles. The molecule has 21 heavy (non-hydrogen) atoms. The van der Waals surface area contributed by atoms with Gasteiger partial charge >= 0.3 is 0 Å². The maximum Gasteiger partial charge on any atom is 0.268 e. The average molecular weight is 365 g/mol. The van der Waals surface area contributed by atoms with E-state index >= 15 is 0 Å². The molecular formula is C15H13BrN2O2S. The van der Waals surface area contributed by atoms with E-state index in [2.05, 4.69) is 20.9 Å². The van der Waals surface area contributed by atoms with Crippen LogP contribution in [0.4, 0.5) is 0 Å². The molecule has 2 aromatic heterocycles. The van der Waals surface area contributed by atoms with Gasteiger partial charge < -0.3 is 0 Å². The van der Waals surface area contributed by atoms with E-state index in [4.69, 9.17) is 0 Å². The Kier molecular flexibility index (Phi) is 3.59. The van der Waals surface area contributed by atoms with E-state index in [9.17, 15) is 8.42 Å². The molecule has 3 aromatic rings. The van der Waals surface area contributed by atoms with Crippen LogP contribution in [0, 0.1) is 0 Å². The second-order valence-electron chi connectivity index (χ2n) is 4.63. The summed E-state index contributed by atoms with van der Waals surface area (Å²) in [7, 11) is -3.63. The summed E-state index contributed by atoms with van der Waals surface area (Å²) in [5.41, 5.74) is 1.33. The number of benzene rings is 1. The molecule has 0 saturated carbocycles. The Morgan fingerprint density at radius 2 is 1.90 bits per heavy atom. The number of rotatable bonds is 3. The Balaban J connectivity index is 2.37. The van der Waals surface area contributed by atoms with Crippen molar-refractivity contribution in [3.63, 3.8) is 0 Å². The predicted octanol–water partition coefficient (Wildman–Crippen LogP) is 3.60. The lowest BCUT2D eigenvalue weighted by Gasteiger charge is -2.10. The molecule has 0 unspecified atom stereocenters. The Morgan fingerprint density at radius 1 is 1.19 bits per heavy atom. The molecular weight excluding hydrogens is 352 g/mol. The number of aromatic nitrogens is 2. The topological polar surface area (TPSA) is 52.0 Å². The van der Waals surface area contributed by atoms with Crippen LogP contribution >= 0.6 is 15.9 Å². The number of pyridine rings is 1. The van der Waals surface area contributed by atoms with Crippen molar-refractivity contribution in [1.82, 2.24) is 8.96 Å². The van der Waals surface area contributed by atoms with E-state index in [0.29, 0.717) is 11.9 Å². The quantitative estimate of drug-likeness (QED) is 0.713. The minimum atomic E-state index is -3.63. The van der Waals surface area contributed by atoms with Gasteiger partial charge in [0.2, 0.25) is 0 Å². The Bertz CT molecular complexity index is 902. The van der Waals surface area contributed by atoms with E-state index in [1.54, 1.807) is 42.7 Å². The maximum absolute atomic E-state index is 12.9. The molecule has 3 rings (SSSR count). The molecule has 0 spiro atoms. The molecule has 0 amide bonds. The summed E-state index contributed by atoms with van der Waals surface area (Å²) in [5.74, 6) is 0. The third-order valence-corrected chi connectivity index (χ3v) is 5.76. The predicted molar refractivity (Wildman–Crippen MR) is 85.8 cm³/mol. The standard InChI is InChI=1S/C15H13BrN2O2S/c1-2-11-8-13-14(16)9-17-10-15(13)18(11)21(19,20)12-6-4-3-5-7-12/h3-10H,2H2,1H3. The fourth-order valence-corrected chi connectivity index (χ4v) is 4.39. The van der Waals surface area contributed by atoms with Crippen LogP contribution in [0.3, 0.4) is 0 Å². The summed E-state index contributed by atoms with van der Waals surface area (Å²) in [5, 5.41) is 0.848. The molecule has 0 saturated heterocycles. The van der Waals surface area contributed by atoms with Gasteiger partial charge in [0.05, 0.1) is 16.6 Å². The van der Waals surface area contributed by atoms with Gasteiger partial charge in [-0.1, -0.05) is 25.1 Å². The van der Waals surface area contributed by atoms with E-state index < -0.39 is 10.0 Å². The fraction of sp³-hybridized carbons (Fsp3) is 0.133. The van der Waals surface area contributed by atoms with Crippen LogP contribution < -0.4 is 0 Å². The summed E-state index contributed by atoms with van der Waals surface area (Å²) in [4.78, 5) is 4.37. The number of hydrogen-bond acceptors (Lipinski definition) is 3. The Morgan fingerprint density at radius 3 is 2.57 bits per heavy atom. The first kappa shape index (κ1) is 14.3. The zero-order valence-corrected chi connectivity index (χ0v) is 13.7. The highest BCUT2D eigenvalue weighted by atomic mass is 79.9. The molecule has 2 heterocycles. The first-order chi connectivity index (χ1) is 10.1. The minimum Gasteiger partial charge on any atom is -0.261 e. The number of halogens is 1. The lowest BCUT2D eigenvalue weighted by molar-refractivity contribution is 0.587. The molecule has 0 N–H and O–H groups in total. The Labute approximate surface area is 131 Å².